The van der Waals surface area contributed by atoms with E-state index in [9.17, 15) is 8.42 Å². The van der Waals surface area contributed by atoms with E-state index in [1.807, 2.05) is 6.92 Å². The monoisotopic (exact) mass is 288 g/mol. The Morgan fingerprint density at radius 2 is 2.42 bits per heavy atom. The van der Waals surface area contributed by atoms with Crippen molar-refractivity contribution in [1.82, 2.24) is 20.2 Å². The maximum Gasteiger partial charge on any atom is 0.257 e. The van der Waals surface area contributed by atoms with E-state index in [1.54, 1.807) is 0 Å². The van der Waals surface area contributed by atoms with Crippen LogP contribution in [0.5, 0.6) is 0 Å². The Morgan fingerprint density at radius 3 is 3.11 bits per heavy atom. The van der Waals surface area contributed by atoms with Crippen LogP contribution in [0.15, 0.2) is 11.2 Å². The van der Waals surface area contributed by atoms with Crippen molar-refractivity contribution in [3.8, 4) is 0 Å². The summed E-state index contributed by atoms with van der Waals surface area (Å²) in [6.45, 7) is 4.23. The average molecular weight is 288 g/mol. The van der Waals surface area contributed by atoms with Gasteiger partial charge in [0.05, 0.1) is 12.3 Å². The Hall–Kier alpha value is -0.960. The number of nitrogens with one attached hydrogen (secondary N) is 3. The van der Waals surface area contributed by atoms with Crippen LogP contribution in [0.4, 0.5) is 0 Å². The lowest BCUT2D eigenvalue weighted by Gasteiger charge is -2.11. The lowest BCUT2D eigenvalue weighted by Crippen LogP contribution is -2.32. The molecule has 1 aliphatic rings. The molecular formula is C11H20N4O3S. The number of rotatable bonds is 7. The van der Waals surface area contributed by atoms with Gasteiger partial charge in [-0.2, -0.15) is 5.10 Å². The van der Waals surface area contributed by atoms with Gasteiger partial charge in [-0.15, -0.1) is 0 Å². The van der Waals surface area contributed by atoms with Crippen LogP contribution in [0.2, 0.25) is 0 Å². The number of nitrogens with zero attached hydrogens (tertiary/aromatic N) is 1. The van der Waals surface area contributed by atoms with E-state index < -0.39 is 10.0 Å². The molecule has 8 heteroatoms. The highest BCUT2D eigenvalue weighted by Crippen LogP contribution is 2.14. The third-order valence-electron chi connectivity index (χ3n) is 3.04. The van der Waals surface area contributed by atoms with Gasteiger partial charge in [0, 0.05) is 25.3 Å². The van der Waals surface area contributed by atoms with Crippen molar-refractivity contribution in [3.63, 3.8) is 0 Å². The molecule has 7 nitrogen and oxygen atoms in total. The summed E-state index contributed by atoms with van der Waals surface area (Å²) in [5.74, 6) is 0. The van der Waals surface area contributed by atoms with Gasteiger partial charge < -0.3 is 10.1 Å². The summed E-state index contributed by atoms with van der Waals surface area (Å²) in [5, 5.41) is 9.57. The van der Waals surface area contributed by atoms with Crippen LogP contribution in [-0.4, -0.2) is 44.4 Å². The number of ether oxygens (including phenoxy) is 1. The number of H-pyrrole nitrogens is 1. The highest BCUT2D eigenvalue weighted by molar-refractivity contribution is 7.89. The zero-order valence-electron chi connectivity index (χ0n) is 11.0. The molecule has 0 saturated carbocycles. The van der Waals surface area contributed by atoms with E-state index in [0.717, 1.165) is 19.4 Å². The molecule has 2 heterocycles. The third kappa shape index (κ3) is 3.75. The van der Waals surface area contributed by atoms with Crippen LogP contribution in [0, 0.1) is 0 Å². The summed E-state index contributed by atoms with van der Waals surface area (Å²) in [6, 6.07) is 0. The van der Waals surface area contributed by atoms with Gasteiger partial charge in [-0.1, -0.05) is 6.92 Å². The molecule has 1 fully saturated rings. The molecule has 0 radical (unpaired) electrons. The first kappa shape index (κ1) is 14.4. The smallest absolute Gasteiger partial charge is 0.257 e. The molecule has 0 aliphatic carbocycles. The van der Waals surface area contributed by atoms with E-state index in [1.165, 1.54) is 6.20 Å². The average Bonchev–Trinajstić information content (AvgIpc) is 3.05. The van der Waals surface area contributed by atoms with Gasteiger partial charge in [-0.05, 0) is 19.4 Å². The zero-order valence-corrected chi connectivity index (χ0v) is 11.8. The van der Waals surface area contributed by atoms with E-state index in [4.69, 9.17) is 4.74 Å². The van der Waals surface area contributed by atoms with Crippen LogP contribution in [0.1, 0.15) is 25.3 Å². The summed E-state index contributed by atoms with van der Waals surface area (Å²) in [6.07, 6.45) is 3.40. The van der Waals surface area contributed by atoms with Gasteiger partial charge in [-0.25, -0.2) is 13.1 Å². The van der Waals surface area contributed by atoms with Crippen molar-refractivity contribution in [3.05, 3.63) is 11.8 Å². The summed E-state index contributed by atoms with van der Waals surface area (Å²) in [4.78, 5) is 0. The second-order valence-corrected chi connectivity index (χ2v) is 6.20. The highest BCUT2D eigenvalue weighted by atomic mass is 32.2. The van der Waals surface area contributed by atoms with E-state index in [0.29, 0.717) is 25.3 Å². The van der Waals surface area contributed by atoms with Crippen molar-refractivity contribution < 1.29 is 13.2 Å². The highest BCUT2D eigenvalue weighted by Gasteiger charge is 2.23. The van der Waals surface area contributed by atoms with Crippen molar-refractivity contribution in [1.29, 1.82) is 0 Å². The van der Waals surface area contributed by atoms with Crippen LogP contribution < -0.4 is 10.0 Å². The predicted molar refractivity (Wildman–Crippen MR) is 70.1 cm³/mol. The molecule has 1 atom stereocenters. The summed E-state index contributed by atoms with van der Waals surface area (Å²) < 4.78 is 32.3. The second kappa shape index (κ2) is 6.47. The molecule has 1 aliphatic heterocycles. The maximum absolute atomic E-state index is 12.2. The van der Waals surface area contributed by atoms with E-state index in [-0.39, 0.29) is 11.1 Å². The maximum atomic E-state index is 12.2. The van der Waals surface area contributed by atoms with Gasteiger partial charge in [-0.3, -0.25) is 5.10 Å². The second-order valence-electron chi connectivity index (χ2n) is 4.49. The number of hydrogen-bond acceptors (Lipinski definition) is 5. The minimum atomic E-state index is -3.55. The SMILES string of the molecule is CCNCc1cn[nH]c1S(=O)(=O)NCC1CCCO1. The Balaban J connectivity index is 1.99. The minimum Gasteiger partial charge on any atom is -0.377 e. The fourth-order valence-electron chi connectivity index (χ4n) is 2.00. The topological polar surface area (TPSA) is 96.1 Å². The molecule has 0 bridgehead atoms. The Morgan fingerprint density at radius 1 is 1.58 bits per heavy atom. The molecule has 0 amide bonds. The van der Waals surface area contributed by atoms with Crippen LogP contribution in [0.25, 0.3) is 0 Å². The molecular weight excluding hydrogens is 268 g/mol. The molecule has 2 rings (SSSR count). The van der Waals surface area contributed by atoms with Crippen LogP contribution in [-0.2, 0) is 21.3 Å². The van der Waals surface area contributed by atoms with Crippen molar-refractivity contribution >= 4 is 10.0 Å². The number of aromatic amines is 1. The third-order valence-corrected chi connectivity index (χ3v) is 4.47. The molecule has 0 aromatic carbocycles. The van der Waals surface area contributed by atoms with Crippen LogP contribution >= 0.6 is 0 Å². The first-order valence-electron chi connectivity index (χ1n) is 6.47. The predicted octanol–water partition coefficient (Wildman–Crippen LogP) is -0.0235. The largest absolute Gasteiger partial charge is 0.377 e. The number of aromatic nitrogens is 2. The van der Waals surface area contributed by atoms with Gasteiger partial charge in [0.25, 0.3) is 10.0 Å². The molecule has 1 aromatic rings. The van der Waals surface area contributed by atoms with Crippen molar-refractivity contribution in [2.75, 3.05) is 19.7 Å². The quantitative estimate of drug-likeness (QED) is 0.655. The van der Waals surface area contributed by atoms with Gasteiger partial charge in [0.1, 0.15) is 0 Å². The fraction of sp³-hybridized carbons (Fsp3) is 0.727. The van der Waals surface area contributed by atoms with Crippen molar-refractivity contribution in [2.45, 2.75) is 37.4 Å². The summed E-state index contributed by atoms with van der Waals surface area (Å²) in [7, 11) is -3.55. The lowest BCUT2D eigenvalue weighted by atomic mass is 10.2. The summed E-state index contributed by atoms with van der Waals surface area (Å²) in [5.41, 5.74) is 0.640. The molecule has 108 valence electrons. The van der Waals surface area contributed by atoms with Gasteiger partial charge >= 0.3 is 0 Å². The number of hydrogen-bond donors (Lipinski definition) is 3. The first-order chi connectivity index (χ1) is 9.13. The Bertz CT molecular complexity index is 494. The standard InChI is InChI=1S/C11H20N4O3S/c1-2-12-6-9-7-13-15-11(9)19(16,17)14-8-10-4-3-5-18-10/h7,10,12,14H,2-6,8H2,1H3,(H,13,15). The van der Waals surface area contributed by atoms with Crippen LogP contribution in [0.3, 0.4) is 0 Å². The molecule has 1 unspecified atom stereocenters. The normalized spacial score (nSPS) is 19.9. The van der Waals surface area contributed by atoms with E-state index in [2.05, 4.69) is 20.2 Å². The molecule has 3 N–H and O–H groups in total. The Kier molecular flexibility index (Phi) is 4.92. The summed E-state index contributed by atoms with van der Waals surface area (Å²) >= 11 is 0. The molecule has 1 aromatic heterocycles. The lowest BCUT2D eigenvalue weighted by molar-refractivity contribution is 0.114. The zero-order chi connectivity index (χ0) is 13.7. The minimum absolute atomic E-state index is 0.0186. The number of sulfonamides is 1. The van der Waals surface area contributed by atoms with E-state index >= 15 is 0 Å². The van der Waals surface area contributed by atoms with Gasteiger partial charge in [0.15, 0.2) is 5.03 Å². The van der Waals surface area contributed by atoms with Crippen molar-refractivity contribution in [2.24, 2.45) is 0 Å². The Labute approximate surface area is 113 Å². The first-order valence-corrected chi connectivity index (χ1v) is 7.96. The molecule has 0 spiro atoms. The molecule has 1 saturated heterocycles. The fourth-order valence-corrected chi connectivity index (χ4v) is 3.19. The molecule has 19 heavy (non-hydrogen) atoms. The van der Waals surface area contributed by atoms with Gasteiger partial charge in [0.2, 0.25) is 0 Å².